The highest BCUT2D eigenvalue weighted by atomic mass is 16.7. The fraction of sp³-hybridized carbons (Fsp3) is 0.0769. The van der Waals surface area contributed by atoms with Crippen molar-refractivity contribution < 1.29 is 29.3 Å². The molecule has 34 heavy (non-hydrogen) atoms. The molecule has 1 aromatic heterocycles. The van der Waals surface area contributed by atoms with Gasteiger partial charge in [-0.1, -0.05) is 30.3 Å². The maximum absolute atomic E-state index is 13.3. The summed E-state index contributed by atoms with van der Waals surface area (Å²) in [6.07, 6.45) is 1.71. The minimum absolute atomic E-state index is 0.0621. The molecule has 3 aromatic carbocycles. The van der Waals surface area contributed by atoms with Gasteiger partial charge < -0.3 is 24.7 Å². The van der Waals surface area contributed by atoms with Gasteiger partial charge in [0.05, 0.1) is 17.3 Å². The van der Waals surface area contributed by atoms with Crippen LogP contribution in [0.2, 0.25) is 0 Å². The average molecular weight is 454 g/mol. The summed E-state index contributed by atoms with van der Waals surface area (Å²) in [4.78, 5) is 31.0. The van der Waals surface area contributed by atoms with Crippen LogP contribution in [0, 0.1) is 0 Å². The monoisotopic (exact) mass is 454 g/mol. The summed E-state index contributed by atoms with van der Waals surface area (Å²) in [5.41, 5.74) is 1.81. The molecule has 1 unspecified atom stereocenters. The van der Waals surface area contributed by atoms with Crippen molar-refractivity contribution in [1.82, 2.24) is 4.98 Å². The van der Waals surface area contributed by atoms with Crippen LogP contribution in [0.5, 0.6) is 17.2 Å². The second-order valence-electron chi connectivity index (χ2n) is 8.02. The molecule has 1 fully saturated rings. The first-order valence-electron chi connectivity index (χ1n) is 10.6. The van der Waals surface area contributed by atoms with Crippen LogP contribution in [0.25, 0.3) is 16.7 Å². The van der Waals surface area contributed by atoms with Crippen molar-refractivity contribution in [3.05, 3.63) is 89.6 Å². The Morgan fingerprint density at radius 1 is 0.971 bits per heavy atom. The Hall–Kier alpha value is -4.72. The molecule has 6 rings (SSSR count). The number of aromatic nitrogens is 1. The molecular formula is C26H18N2O6. The quantitative estimate of drug-likeness (QED) is 0.243. The first-order valence-corrected chi connectivity index (χ1v) is 10.6. The number of para-hydroxylation sites is 3. The van der Waals surface area contributed by atoms with Gasteiger partial charge >= 0.3 is 0 Å². The Kier molecular flexibility index (Phi) is 4.35. The van der Waals surface area contributed by atoms with E-state index in [0.29, 0.717) is 22.6 Å². The van der Waals surface area contributed by atoms with E-state index < -0.39 is 17.7 Å². The molecule has 1 amide bonds. The van der Waals surface area contributed by atoms with E-state index in [0.717, 1.165) is 10.9 Å². The molecule has 0 aliphatic carbocycles. The molecule has 168 valence electrons. The van der Waals surface area contributed by atoms with Crippen LogP contribution < -0.4 is 14.4 Å². The molecule has 0 spiro atoms. The van der Waals surface area contributed by atoms with E-state index in [9.17, 15) is 19.8 Å². The van der Waals surface area contributed by atoms with E-state index >= 15 is 0 Å². The molecule has 0 bridgehead atoms. The number of amides is 1. The number of ether oxygens (including phenoxy) is 2. The van der Waals surface area contributed by atoms with Gasteiger partial charge in [0, 0.05) is 28.2 Å². The maximum Gasteiger partial charge on any atom is 0.300 e. The Bertz CT molecular complexity index is 1520. The number of rotatable bonds is 3. The number of phenols is 1. The van der Waals surface area contributed by atoms with E-state index in [2.05, 4.69) is 4.98 Å². The number of nitrogens with zero attached hydrogens (tertiary/aromatic N) is 1. The fourth-order valence-corrected chi connectivity index (χ4v) is 4.56. The number of aliphatic hydroxyl groups is 1. The van der Waals surface area contributed by atoms with Gasteiger partial charge in [-0.3, -0.25) is 14.5 Å². The molecule has 8 heteroatoms. The maximum atomic E-state index is 13.3. The van der Waals surface area contributed by atoms with Crippen molar-refractivity contribution in [3.8, 4) is 17.2 Å². The zero-order valence-electron chi connectivity index (χ0n) is 17.7. The number of benzene rings is 3. The summed E-state index contributed by atoms with van der Waals surface area (Å²) in [5, 5.41) is 22.6. The molecule has 2 aliphatic heterocycles. The van der Waals surface area contributed by atoms with Crippen LogP contribution in [-0.2, 0) is 9.59 Å². The van der Waals surface area contributed by atoms with Crippen LogP contribution in [0.4, 0.5) is 5.69 Å². The number of aromatic hydroxyl groups is 1. The lowest BCUT2D eigenvalue weighted by Crippen LogP contribution is -2.29. The van der Waals surface area contributed by atoms with Gasteiger partial charge in [-0.2, -0.15) is 0 Å². The predicted molar refractivity (Wildman–Crippen MR) is 124 cm³/mol. The van der Waals surface area contributed by atoms with Crippen molar-refractivity contribution in [2.24, 2.45) is 0 Å². The predicted octanol–water partition coefficient (Wildman–Crippen LogP) is 4.23. The molecule has 1 atom stereocenters. The van der Waals surface area contributed by atoms with Crippen LogP contribution in [0.1, 0.15) is 17.2 Å². The van der Waals surface area contributed by atoms with Gasteiger partial charge in [0.1, 0.15) is 11.5 Å². The van der Waals surface area contributed by atoms with Gasteiger partial charge in [-0.25, -0.2) is 0 Å². The molecule has 0 radical (unpaired) electrons. The van der Waals surface area contributed by atoms with Crippen molar-refractivity contribution >= 4 is 34.0 Å². The molecule has 4 aromatic rings. The molecule has 1 saturated heterocycles. The molecule has 8 nitrogen and oxygen atoms in total. The Labute approximate surface area is 193 Å². The van der Waals surface area contributed by atoms with Crippen molar-refractivity contribution in [3.63, 3.8) is 0 Å². The SMILES string of the molecule is O=C1C(=O)N(c2ccccc2O)C(c2c[nH]c3ccccc23)/C1=C(\O)c1ccc2c(c1)OCO2. The minimum Gasteiger partial charge on any atom is -0.507 e. The van der Waals surface area contributed by atoms with Gasteiger partial charge in [-0.15, -0.1) is 0 Å². The number of aliphatic hydroxyl groups excluding tert-OH is 1. The van der Waals surface area contributed by atoms with Gasteiger partial charge in [0.15, 0.2) is 11.5 Å². The molecule has 0 saturated carbocycles. The van der Waals surface area contributed by atoms with E-state index in [1.54, 1.807) is 42.6 Å². The zero-order chi connectivity index (χ0) is 23.4. The summed E-state index contributed by atoms with van der Waals surface area (Å²) in [5.74, 6) is -1.24. The minimum atomic E-state index is -0.977. The number of Topliss-reactive ketones (excluding diaryl/α,β-unsaturated/α-hetero) is 1. The highest BCUT2D eigenvalue weighted by Crippen LogP contribution is 2.46. The third-order valence-electron chi connectivity index (χ3n) is 6.15. The topological polar surface area (TPSA) is 112 Å². The Morgan fingerprint density at radius 2 is 1.74 bits per heavy atom. The lowest BCUT2D eigenvalue weighted by molar-refractivity contribution is -0.132. The fourth-order valence-electron chi connectivity index (χ4n) is 4.56. The van der Waals surface area contributed by atoms with Crippen molar-refractivity contribution in [2.45, 2.75) is 6.04 Å². The van der Waals surface area contributed by atoms with Gasteiger partial charge in [0.25, 0.3) is 11.7 Å². The number of hydrogen-bond donors (Lipinski definition) is 3. The van der Waals surface area contributed by atoms with E-state index in [4.69, 9.17) is 9.47 Å². The lowest BCUT2D eigenvalue weighted by Gasteiger charge is -2.25. The number of carbonyl (C=O) groups is 2. The smallest absolute Gasteiger partial charge is 0.300 e. The number of ketones is 1. The van der Waals surface area contributed by atoms with Crippen LogP contribution in [-0.4, -0.2) is 33.7 Å². The number of phenolic OH excluding ortho intramolecular Hbond substituents is 1. The van der Waals surface area contributed by atoms with Crippen molar-refractivity contribution in [1.29, 1.82) is 0 Å². The molecule has 3 heterocycles. The first-order chi connectivity index (χ1) is 16.5. The number of nitrogens with one attached hydrogen (secondary N) is 1. The number of anilines is 1. The van der Waals surface area contributed by atoms with Crippen LogP contribution in [0.15, 0.2) is 78.5 Å². The van der Waals surface area contributed by atoms with E-state index in [1.165, 1.54) is 11.0 Å². The number of hydrogen-bond acceptors (Lipinski definition) is 6. The standard InChI is InChI=1S/C26H18N2O6/c29-19-8-4-3-7-18(19)28-23(16-12-27-17-6-2-1-5-15(16)17)22(25(31)26(28)32)24(30)14-9-10-20-21(11-14)34-13-33-20/h1-12,23,27,29-30H,13H2/b24-22+. The number of carbonyl (C=O) groups excluding carboxylic acids is 2. The summed E-state index contributed by atoms with van der Waals surface area (Å²) >= 11 is 0. The van der Waals surface area contributed by atoms with E-state index in [1.807, 2.05) is 24.3 Å². The summed E-state index contributed by atoms with van der Waals surface area (Å²) < 4.78 is 10.7. The summed E-state index contributed by atoms with van der Waals surface area (Å²) in [6.45, 7) is 0.0621. The van der Waals surface area contributed by atoms with Crippen LogP contribution >= 0.6 is 0 Å². The van der Waals surface area contributed by atoms with Gasteiger partial charge in [0.2, 0.25) is 6.79 Å². The average Bonchev–Trinajstić information content (AvgIpc) is 3.55. The normalized spacial score (nSPS) is 18.7. The zero-order valence-corrected chi connectivity index (χ0v) is 17.7. The number of fused-ring (bicyclic) bond motifs is 2. The molecular weight excluding hydrogens is 436 g/mol. The van der Waals surface area contributed by atoms with Gasteiger partial charge in [-0.05, 0) is 36.4 Å². The second-order valence-corrected chi connectivity index (χ2v) is 8.02. The largest absolute Gasteiger partial charge is 0.507 e. The third-order valence-corrected chi connectivity index (χ3v) is 6.15. The number of aromatic amines is 1. The highest BCUT2D eigenvalue weighted by molar-refractivity contribution is 6.52. The van der Waals surface area contributed by atoms with Crippen molar-refractivity contribution in [2.75, 3.05) is 11.7 Å². The highest BCUT2D eigenvalue weighted by Gasteiger charge is 2.48. The first kappa shape index (κ1) is 19.9. The second kappa shape index (κ2) is 7.41. The molecule has 2 aliphatic rings. The van der Waals surface area contributed by atoms with E-state index in [-0.39, 0.29) is 29.6 Å². The third kappa shape index (κ3) is 2.85. The molecule has 3 N–H and O–H groups in total. The lowest BCUT2D eigenvalue weighted by atomic mass is 9.94. The Morgan fingerprint density at radius 3 is 2.59 bits per heavy atom. The Balaban J connectivity index is 1.61. The summed E-state index contributed by atoms with van der Waals surface area (Å²) in [7, 11) is 0. The van der Waals surface area contributed by atoms with Crippen LogP contribution in [0.3, 0.4) is 0 Å². The summed E-state index contributed by atoms with van der Waals surface area (Å²) in [6, 6.07) is 17.6. The number of H-pyrrole nitrogens is 1.